The van der Waals surface area contributed by atoms with Crippen molar-refractivity contribution in [3.63, 3.8) is 0 Å². The number of allylic oxidation sites excluding steroid dienone is 10. The van der Waals surface area contributed by atoms with Crippen molar-refractivity contribution in [2.75, 3.05) is 26.4 Å². The first-order valence-corrected chi connectivity index (χ1v) is 21.3. The molecule has 0 fully saturated rings. The first-order valence-electron chi connectivity index (χ1n) is 19.8. The number of phosphoric acid groups is 1. The van der Waals surface area contributed by atoms with E-state index >= 15 is 0 Å². The van der Waals surface area contributed by atoms with E-state index in [4.69, 9.17) is 24.3 Å². The van der Waals surface area contributed by atoms with Crippen LogP contribution >= 0.6 is 7.82 Å². The van der Waals surface area contributed by atoms with Gasteiger partial charge in [-0.25, -0.2) is 4.57 Å². The molecule has 0 aromatic heterocycles. The summed E-state index contributed by atoms with van der Waals surface area (Å²) in [6.07, 6.45) is 42.4. The van der Waals surface area contributed by atoms with E-state index < -0.39 is 32.5 Å². The van der Waals surface area contributed by atoms with Gasteiger partial charge < -0.3 is 20.1 Å². The lowest BCUT2D eigenvalue weighted by atomic mass is 10.1. The number of carbonyl (C=O) groups excluding carboxylic acids is 2. The summed E-state index contributed by atoms with van der Waals surface area (Å²) in [5.41, 5.74) is 5.33. The van der Waals surface area contributed by atoms with Crippen molar-refractivity contribution in [2.24, 2.45) is 5.73 Å². The van der Waals surface area contributed by atoms with E-state index in [2.05, 4.69) is 74.6 Å². The van der Waals surface area contributed by atoms with Crippen LogP contribution in [0.1, 0.15) is 155 Å². The van der Waals surface area contributed by atoms with Crippen molar-refractivity contribution < 1.29 is 37.6 Å². The Kier molecular flexibility index (Phi) is 35.8. The molecule has 0 bridgehead atoms. The minimum Gasteiger partial charge on any atom is -0.462 e. The third-order valence-electron chi connectivity index (χ3n) is 7.89. The van der Waals surface area contributed by atoms with E-state index in [1.165, 1.54) is 25.7 Å². The summed E-state index contributed by atoms with van der Waals surface area (Å²) in [7, 11) is -4.38. The van der Waals surface area contributed by atoms with Crippen LogP contribution in [-0.4, -0.2) is 49.3 Å². The van der Waals surface area contributed by atoms with Gasteiger partial charge in [-0.2, -0.15) is 0 Å². The van der Waals surface area contributed by atoms with E-state index in [1.54, 1.807) is 0 Å². The van der Waals surface area contributed by atoms with Gasteiger partial charge in [-0.1, -0.05) is 126 Å². The van der Waals surface area contributed by atoms with Crippen LogP contribution < -0.4 is 5.73 Å². The number of ether oxygens (including phenoxy) is 2. The van der Waals surface area contributed by atoms with E-state index in [1.807, 2.05) is 0 Å². The monoisotopic (exact) mass is 737 g/mol. The van der Waals surface area contributed by atoms with Crippen molar-refractivity contribution in [2.45, 2.75) is 161 Å². The average Bonchev–Trinajstić information content (AvgIpc) is 3.11. The molecule has 2 atom stereocenters. The number of phosphoric ester groups is 1. The number of hydrogen-bond donors (Lipinski definition) is 2. The maximum atomic E-state index is 12.5. The molecule has 0 aliphatic rings. The van der Waals surface area contributed by atoms with Crippen molar-refractivity contribution in [3.8, 4) is 0 Å². The number of rotatable bonds is 36. The lowest BCUT2D eigenvalue weighted by Crippen LogP contribution is -2.29. The van der Waals surface area contributed by atoms with Gasteiger partial charge in [0.2, 0.25) is 0 Å². The van der Waals surface area contributed by atoms with Crippen LogP contribution in [0.15, 0.2) is 60.8 Å². The van der Waals surface area contributed by atoms with Gasteiger partial charge >= 0.3 is 19.8 Å². The Hall–Kier alpha value is -2.29. The second-order valence-corrected chi connectivity index (χ2v) is 14.2. The zero-order chi connectivity index (χ0) is 37.5. The van der Waals surface area contributed by atoms with E-state index in [-0.39, 0.29) is 32.6 Å². The number of unbranched alkanes of at least 4 members (excludes halogenated alkanes) is 13. The molecule has 9 nitrogen and oxygen atoms in total. The highest BCUT2D eigenvalue weighted by atomic mass is 31.2. The van der Waals surface area contributed by atoms with Gasteiger partial charge in [-0.15, -0.1) is 0 Å². The molecule has 0 radical (unpaired) electrons. The summed E-state index contributed by atoms with van der Waals surface area (Å²) in [4.78, 5) is 34.8. The molecule has 0 saturated heterocycles. The van der Waals surface area contributed by atoms with Gasteiger partial charge in [-0.3, -0.25) is 18.6 Å². The lowest BCUT2D eigenvalue weighted by Gasteiger charge is -2.19. The zero-order valence-electron chi connectivity index (χ0n) is 32.1. The summed E-state index contributed by atoms with van der Waals surface area (Å²) in [6.45, 7) is 3.53. The number of esters is 2. The van der Waals surface area contributed by atoms with Crippen molar-refractivity contribution >= 4 is 19.8 Å². The SMILES string of the molecule is CC/C=C/C/C=C/C/C=C/CCCCCCCC(=O)O[C@H](COC(=O)CCCCCCC/C=C/C/C=C/CCCCC)COP(=O)(O)OCCN. The third-order valence-corrected chi connectivity index (χ3v) is 8.87. The van der Waals surface area contributed by atoms with Crippen molar-refractivity contribution in [1.82, 2.24) is 0 Å². The van der Waals surface area contributed by atoms with Crippen LogP contribution in [0.3, 0.4) is 0 Å². The van der Waals surface area contributed by atoms with Gasteiger partial charge in [0, 0.05) is 19.4 Å². The highest BCUT2D eigenvalue weighted by Crippen LogP contribution is 2.43. The maximum absolute atomic E-state index is 12.5. The van der Waals surface area contributed by atoms with Crippen LogP contribution in [0.25, 0.3) is 0 Å². The van der Waals surface area contributed by atoms with Crippen molar-refractivity contribution in [3.05, 3.63) is 60.8 Å². The molecule has 0 amide bonds. The molecule has 10 heteroatoms. The second kappa shape index (κ2) is 37.5. The maximum Gasteiger partial charge on any atom is 0.472 e. The normalized spacial score (nSPS) is 14.0. The molecular formula is C41H72NO8P. The fraction of sp³-hybridized carbons (Fsp3) is 0.707. The number of nitrogens with two attached hydrogens (primary N) is 1. The number of carbonyl (C=O) groups is 2. The Morgan fingerprint density at radius 2 is 1.08 bits per heavy atom. The Balaban J connectivity index is 4.27. The molecular weight excluding hydrogens is 665 g/mol. The minimum atomic E-state index is -4.38. The highest BCUT2D eigenvalue weighted by molar-refractivity contribution is 7.47. The van der Waals surface area contributed by atoms with Crippen molar-refractivity contribution in [1.29, 1.82) is 0 Å². The lowest BCUT2D eigenvalue weighted by molar-refractivity contribution is -0.161. The van der Waals surface area contributed by atoms with E-state index in [9.17, 15) is 19.0 Å². The largest absolute Gasteiger partial charge is 0.472 e. The number of hydrogen-bond acceptors (Lipinski definition) is 8. The Labute approximate surface area is 310 Å². The van der Waals surface area contributed by atoms with Gasteiger partial charge in [-0.05, 0) is 77.0 Å². The molecule has 0 aliphatic heterocycles. The predicted molar refractivity (Wildman–Crippen MR) is 210 cm³/mol. The second-order valence-electron chi connectivity index (χ2n) is 12.8. The molecule has 51 heavy (non-hydrogen) atoms. The van der Waals surface area contributed by atoms with Gasteiger partial charge in [0.05, 0.1) is 13.2 Å². The Morgan fingerprint density at radius 1 is 0.608 bits per heavy atom. The first kappa shape index (κ1) is 48.7. The summed E-state index contributed by atoms with van der Waals surface area (Å²) in [6, 6.07) is 0. The fourth-order valence-electron chi connectivity index (χ4n) is 4.97. The smallest absolute Gasteiger partial charge is 0.462 e. The molecule has 0 aromatic carbocycles. The molecule has 1 unspecified atom stereocenters. The Bertz CT molecular complexity index is 1020. The quantitative estimate of drug-likeness (QED) is 0.0279. The van der Waals surface area contributed by atoms with E-state index in [0.29, 0.717) is 12.8 Å². The summed E-state index contributed by atoms with van der Waals surface area (Å²) < 4.78 is 32.7. The standard InChI is InChI=1S/C41H72NO8P/c1-3-5-7-9-11-13-15-17-19-21-23-25-27-29-31-33-40(43)47-37-39(38-49-51(45,46)48-36-35-42)50-41(44)34-32-30-28-26-24-22-20-18-16-14-12-10-8-6-4-2/h6,8,11-14,17-20,39H,3-5,7,9-10,15-16,21-38,42H2,1-2H3,(H,45,46)/b8-6+,13-11+,14-12+,19-17+,20-18+/t39-/m1/s1. The first-order chi connectivity index (χ1) is 24.8. The molecule has 0 heterocycles. The fourth-order valence-corrected chi connectivity index (χ4v) is 5.74. The van der Waals surface area contributed by atoms with E-state index in [0.717, 1.165) is 89.9 Å². The molecule has 0 saturated carbocycles. The Morgan fingerprint density at radius 3 is 1.61 bits per heavy atom. The predicted octanol–water partition coefficient (Wildman–Crippen LogP) is 10.9. The summed E-state index contributed by atoms with van der Waals surface area (Å²) in [5, 5.41) is 0. The topological polar surface area (TPSA) is 134 Å². The van der Waals surface area contributed by atoms with Gasteiger partial charge in [0.15, 0.2) is 6.10 Å². The summed E-state index contributed by atoms with van der Waals surface area (Å²) in [5.74, 6) is -0.871. The molecule has 0 spiro atoms. The third kappa shape index (κ3) is 37.3. The van der Waals surface area contributed by atoms with Crippen LogP contribution in [0.2, 0.25) is 0 Å². The molecule has 0 rings (SSSR count). The molecule has 294 valence electrons. The van der Waals surface area contributed by atoms with Crippen LogP contribution in [0.5, 0.6) is 0 Å². The molecule has 0 aromatic rings. The van der Waals surface area contributed by atoms with Crippen LogP contribution in [-0.2, 0) is 32.7 Å². The minimum absolute atomic E-state index is 0.0455. The summed E-state index contributed by atoms with van der Waals surface area (Å²) >= 11 is 0. The molecule has 3 N–H and O–H groups in total. The van der Waals surface area contributed by atoms with Gasteiger partial charge in [0.25, 0.3) is 0 Å². The van der Waals surface area contributed by atoms with Crippen LogP contribution in [0, 0.1) is 0 Å². The zero-order valence-corrected chi connectivity index (χ0v) is 33.0. The molecule has 0 aliphatic carbocycles. The average molecular weight is 738 g/mol. The highest BCUT2D eigenvalue weighted by Gasteiger charge is 2.25. The van der Waals surface area contributed by atoms with Crippen LogP contribution in [0.4, 0.5) is 0 Å². The van der Waals surface area contributed by atoms with Gasteiger partial charge in [0.1, 0.15) is 6.61 Å².